The fourth-order valence-electron chi connectivity index (χ4n) is 2.22. The molecule has 2 atom stereocenters. The van der Waals surface area contributed by atoms with Gasteiger partial charge < -0.3 is 10.1 Å². The van der Waals surface area contributed by atoms with E-state index in [2.05, 4.69) is 35.6 Å². The van der Waals surface area contributed by atoms with Crippen molar-refractivity contribution in [2.75, 3.05) is 25.2 Å². The lowest BCUT2D eigenvalue weighted by Crippen LogP contribution is -2.43. The molecule has 17 heavy (non-hydrogen) atoms. The highest BCUT2D eigenvalue weighted by molar-refractivity contribution is 7.99. The van der Waals surface area contributed by atoms with Gasteiger partial charge in [-0.15, -0.1) is 0 Å². The third kappa shape index (κ3) is 4.02. The lowest BCUT2D eigenvalue weighted by atomic mass is 10.0. The van der Waals surface area contributed by atoms with Crippen LogP contribution in [0.5, 0.6) is 0 Å². The van der Waals surface area contributed by atoms with Crippen LogP contribution in [-0.2, 0) is 11.2 Å². The summed E-state index contributed by atoms with van der Waals surface area (Å²) >= 11 is 2.00. The highest BCUT2D eigenvalue weighted by Crippen LogP contribution is 2.18. The first kappa shape index (κ1) is 12.9. The number of nitrogens with one attached hydrogen (secondary N) is 1. The number of benzene rings is 1. The highest BCUT2D eigenvalue weighted by atomic mass is 32.2. The maximum atomic E-state index is 5.84. The first-order chi connectivity index (χ1) is 8.40. The molecule has 0 amide bonds. The Morgan fingerprint density at radius 3 is 2.88 bits per heavy atom. The summed E-state index contributed by atoms with van der Waals surface area (Å²) in [4.78, 5) is 0. The van der Waals surface area contributed by atoms with Crippen molar-refractivity contribution in [3.63, 3.8) is 0 Å². The fourth-order valence-corrected chi connectivity index (χ4v) is 3.16. The first-order valence-corrected chi connectivity index (χ1v) is 7.46. The minimum atomic E-state index is 0.377. The summed E-state index contributed by atoms with van der Waals surface area (Å²) in [7, 11) is 2.04. The first-order valence-electron chi connectivity index (χ1n) is 6.30. The van der Waals surface area contributed by atoms with E-state index in [1.165, 1.54) is 5.56 Å². The van der Waals surface area contributed by atoms with Crippen LogP contribution in [0.15, 0.2) is 30.3 Å². The van der Waals surface area contributed by atoms with Gasteiger partial charge in [0.25, 0.3) is 0 Å². The molecule has 2 unspecified atom stereocenters. The maximum Gasteiger partial charge on any atom is 0.0818 e. The van der Waals surface area contributed by atoms with Crippen LogP contribution in [0.1, 0.15) is 12.0 Å². The molecule has 2 rings (SSSR count). The molecule has 1 aliphatic heterocycles. The molecule has 0 radical (unpaired) electrons. The molecular weight excluding hydrogens is 230 g/mol. The van der Waals surface area contributed by atoms with Crippen LogP contribution in [0.3, 0.4) is 0 Å². The van der Waals surface area contributed by atoms with Gasteiger partial charge in [0, 0.05) is 17.5 Å². The summed E-state index contributed by atoms with van der Waals surface area (Å²) in [6, 6.07) is 11.2. The van der Waals surface area contributed by atoms with Crippen molar-refractivity contribution in [2.45, 2.75) is 25.0 Å². The smallest absolute Gasteiger partial charge is 0.0818 e. The van der Waals surface area contributed by atoms with E-state index in [-0.39, 0.29) is 0 Å². The van der Waals surface area contributed by atoms with E-state index in [0.717, 1.165) is 31.0 Å². The summed E-state index contributed by atoms with van der Waals surface area (Å²) in [6.07, 6.45) is 2.64. The Morgan fingerprint density at radius 2 is 2.24 bits per heavy atom. The molecule has 0 aromatic heterocycles. The van der Waals surface area contributed by atoms with E-state index in [1.807, 2.05) is 18.8 Å². The molecule has 0 spiro atoms. The zero-order valence-electron chi connectivity index (χ0n) is 10.4. The van der Waals surface area contributed by atoms with Gasteiger partial charge in [-0.1, -0.05) is 30.3 Å². The molecule has 3 heteroatoms. The lowest BCUT2D eigenvalue weighted by Gasteiger charge is -2.30. The molecule has 0 saturated carbocycles. The molecule has 1 saturated heterocycles. The molecule has 1 N–H and O–H groups in total. The van der Waals surface area contributed by atoms with Crippen molar-refractivity contribution >= 4 is 11.8 Å². The van der Waals surface area contributed by atoms with Crippen LogP contribution < -0.4 is 5.32 Å². The van der Waals surface area contributed by atoms with Gasteiger partial charge in [-0.2, -0.15) is 11.8 Å². The van der Waals surface area contributed by atoms with Crippen LogP contribution in [0.2, 0.25) is 0 Å². The number of ether oxygens (including phenoxy) is 1. The van der Waals surface area contributed by atoms with Gasteiger partial charge in [0.1, 0.15) is 0 Å². The second kappa shape index (κ2) is 7.04. The van der Waals surface area contributed by atoms with Gasteiger partial charge in [-0.3, -0.25) is 0 Å². The Morgan fingerprint density at radius 1 is 1.41 bits per heavy atom. The van der Waals surface area contributed by atoms with Crippen LogP contribution in [-0.4, -0.2) is 37.3 Å². The van der Waals surface area contributed by atoms with Gasteiger partial charge in [0.15, 0.2) is 0 Å². The minimum Gasteiger partial charge on any atom is -0.375 e. The predicted molar refractivity (Wildman–Crippen MR) is 74.7 cm³/mol. The number of thioether (sulfide) groups is 1. The van der Waals surface area contributed by atoms with Crippen molar-refractivity contribution < 1.29 is 4.74 Å². The molecule has 2 nitrogen and oxygen atoms in total. The Labute approximate surface area is 108 Å². The van der Waals surface area contributed by atoms with Crippen LogP contribution in [0.25, 0.3) is 0 Å². The van der Waals surface area contributed by atoms with Crippen molar-refractivity contribution in [1.29, 1.82) is 0 Å². The average Bonchev–Trinajstić information content (AvgIpc) is 2.42. The Bertz CT molecular complexity index is 311. The minimum absolute atomic E-state index is 0.377. The number of hydrogen-bond donors (Lipinski definition) is 1. The number of hydrogen-bond acceptors (Lipinski definition) is 3. The van der Waals surface area contributed by atoms with Crippen LogP contribution in [0, 0.1) is 0 Å². The maximum absolute atomic E-state index is 5.84. The lowest BCUT2D eigenvalue weighted by molar-refractivity contribution is 0.0470. The van der Waals surface area contributed by atoms with Gasteiger partial charge in [-0.05, 0) is 25.5 Å². The molecule has 0 bridgehead atoms. The predicted octanol–water partition coefficient (Wildman–Crippen LogP) is 2.34. The standard InChI is InChI=1S/C14H21NOS/c1-15-13(14-11-17-10-9-16-14)8-7-12-5-3-2-4-6-12/h2-6,13-15H,7-11H2,1H3. The van der Waals surface area contributed by atoms with Crippen LogP contribution in [0.4, 0.5) is 0 Å². The Balaban J connectivity index is 1.82. The molecule has 1 heterocycles. The molecule has 1 aromatic carbocycles. The van der Waals surface area contributed by atoms with Crippen molar-refractivity contribution in [3.8, 4) is 0 Å². The monoisotopic (exact) mass is 251 g/mol. The van der Waals surface area contributed by atoms with Gasteiger partial charge >= 0.3 is 0 Å². The van der Waals surface area contributed by atoms with E-state index < -0.39 is 0 Å². The van der Waals surface area contributed by atoms with E-state index in [4.69, 9.17) is 4.74 Å². The second-order valence-electron chi connectivity index (χ2n) is 4.40. The van der Waals surface area contributed by atoms with Gasteiger partial charge in [0.2, 0.25) is 0 Å². The van der Waals surface area contributed by atoms with E-state index in [1.54, 1.807) is 0 Å². The zero-order chi connectivity index (χ0) is 11.9. The average molecular weight is 251 g/mol. The number of rotatable bonds is 5. The van der Waals surface area contributed by atoms with Crippen LogP contribution >= 0.6 is 11.8 Å². The molecule has 94 valence electrons. The molecule has 1 fully saturated rings. The number of aryl methyl sites for hydroxylation is 1. The molecular formula is C14H21NOS. The second-order valence-corrected chi connectivity index (χ2v) is 5.55. The normalized spacial score (nSPS) is 22.3. The third-order valence-electron chi connectivity index (χ3n) is 3.25. The SMILES string of the molecule is CNC(CCc1ccccc1)C1CSCCO1. The molecule has 0 aliphatic carbocycles. The fraction of sp³-hybridized carbons (Fsp3) is 0.571. The summed E-state index contributed by atoms with van der Waals surface area (Å²) in [5.41, 5.74) is 1.41. The largest absolute Gasteiger partial charge is 0.375 e. The van der Waals surface area contributed by atoms with Crippen molar-refractivity contribution in [3.05, 3.63) is 35.9 Å². The van der Waals surface area contributed by atoms with Gasteiger partial charge in [-0.25, -0.2) is 0 Å². The van der Waals surface area contributed by atoms with Crippen molar-refractivity contribution in [2.24, 2.45) is 0 Å². The Kier molecular flexibility index (Phi) is 5.36. The summed E-state index contributed by atoms with van der Waals surface area (Å²) < 4.78 is 5.84. The van der Waals surface area contributed by atoms with E-state index in [0.29, 0.717) is 12.1 Å². The van der Waals surface area contributed by atoms with Gasteiger partial charge in [0.05, 0.1) is 12.7 Å². The molecule has 1 aliphatic rings. The number of likely N-dealkylation sites (N-methyl/N-ethyl adjacent to an activating group) is 1. The third-order valence-corrected chi connectivity index (χ3v) is 4.27. The zero-order valence-corrected chi connectivity index (χ0v) is 11.2. The van der Waals surface area contributed by atoms with E-state index in [9.17, 15) is 0 Å². The quantitative estimate of drug-likeness (QED) is 0.868. The molecule has 1 aromatic rings. The summed E-state index contributed by atoms with van der Waals surface area (Å²) in [6.45, 7) is 0.902. The summed E-state index contributed by atoms with van der Waals surface area (Å²) in [5.74, 6) is 2.27. The topological polar surface area (TPSA) is 21.3 Å². The highest BCUT2D eigenvalue weighted by Gasteiger charge is 2.23. The van der Waals surface area contributed by atoms with E-state index >= 15 is 0 Å². The summed E-state index contributed by atoms with van der Waals surface area (Å²) in [5, 5.41) is 3.40. The van der Waals surface area contributed by atoms with Crippen molar-refractivity contribution in [1.82, 2.24) is 5.32 Å². The Hall–Kier alpha value is -0.510.